The molecule has 1 saturated heterocycles. The molecule has 0 saturated carbocycles. The Morgan fingerprint density at radius 3 is 2.91 bits per heavy atom. The molecule has 1 aromatic heterocycles. The van der Waals surface area contributed by atoms with Crippen molar-refractivity contribution in [3.63, 3.8) is 0 Å². The van der Waals surface area contributed by atoms with Gasteiger partial charge in [0.15, 0.2) is 11.7 Å². The van der Waals surface area contributed by atoms with Gasteiger partial charge in [0.2, 0.25) is 5.91 Å². The highest BCUT2D eigenvalue weighted by Gasteiger charge is 2.21. The van der Waals surface area contributed by atoms with E-state index in [1.54, 1.807) is 18.3 Å². The fourth-order valence-electron chi connectivity index (χ4n) is 2.59. The zero-order chi connectivity index (χ0) is 16.2. The van der Waals surface area contributed by atoms with Crippen LogP contribution in [0.1, 0.15) is 19.2 Å². The van der Waals surface area contributed by atoms with Crippen LogP contribution in [0.5, 0.6) is 0 Å². The summed E-state index contributed by atoms with van der Waals surface area (Å²) in [5.74, 6) is 0.881. The zero-order valence-corrected chi connectivity index (χ0v) is 13.0. The van der Waals surface area contributed by atoms with Gasteiger partial charge >= 0.3 is 0 Å². The average molecular weight is 318 g/mol. The number of hydrogen-bond donors (Lipinski definition) is 0. The second kappa shape index (κ2) is 6.91. The second-order valence-electron chi connectivity index (χ2n) is 5.65. The van der Waals surface area contributed by atoms with E-state index in [4.69, 9.17) is 9.15 Å². The maximum Gasteiger partial charge on any atom is 0.223 e. The summed E-state index contributed by atoms with van der Waals surface area (Å²) >= 11 is 0. The molecule has 1 atom stereocenters. The molecule has 1 fully saturated rings. The molecule has 0 unspecified atom stereocenters. The molecule has 2 heterocycles. The van der Waals surface area contributed by atoms with E-state index in [2.05, 4.69) is 4.98 Å². The Kier molecular flexibility index (Phi) is 4.71. The van der Waals surface area contributed by atoms with Crippen LogP contribution in [0.2, 0.25) is 0 Å². The molecule has 1 aliphatic rings. The van der Waals surface area contributed by atoms with Crippen LogP contribution in [0.15, 0.2) is 34.9 Å². The van der Waals surface area contributed by atoms with Crippen molar-refractivity contribution < 1.29 is 18.3 Å². The van der Waals surface area contributed by atoms with Crippen LogP contribution in [0.25, 0.3) is 11.3 Å². The molecule has 2 aromatic rings. The summed E-state index contributed by atoms with van der Waals surface area (Å²) in [6.45, 7) is 3.81. The number of aromatic nitrogens is 1. The smallest absolute Gasteiger partial charge is 0.223 e. The number of rotatable bonds is 4. The highest BCUT2D eigenvalue weighted by molar-refractivity contribution is 5.76. The van der Waals surface area contributed by atoms with Gasteiger partial charge in [0.1, 0.15) is 5.82 Å². The normalized spacial score (nSPS) is 18.2. The van der Waals surface area contributed by atoms with E-state index in [0.717, 1.165) is 5.56 Å². The van der Waals surface area contributed by atoms with Crippen LogP contribution in [0.3, 0.4) is 0 Å². The molecule has 122 valence electrons. The third-order valence-corrected chi connectivity index (χ3v) is 3.83. The van der Waals surface area contributed by atoms with E-state index in [1.807, 2.05) is 11.8 Å². The third kappa shape index (κ3) is 3.96. The lowest BCUT2D eigenvalue weighted by Gasteiger charge is -2.31. The minimum Gasteiger partial charge on any atom is -0.441 e. The number of nitrogens with zero attached hydrogens (tertiary/aromatic N) is 2. The SMILES string of the molecule is C[C@H]1CN(C(=O)CCc2ncc(-c3ccc(F)cc3)o2)CCO1. The van der Waals surface area contributed by atoms with Gasteiger partial charge in [-0.1, -0.05) is 0 Å². The Balaban J connectivity index is 1.56. The minimum absolute atomic E-state index is 0.0829. The van der Waals surface area contributed by atoms with Crippen molar-refractivity contribution in [2.45, 2.75) is 25.9 Å². The molecule has 0 spiro atoms. The summed E-state index contributed by atoms with van der Waals surface area (Å²) in [6.07, 6.45) is 2.49. The van der Waals surface area contributed by atoms with Gasteiger partial charge in [-0.05, 0) is 31.2 Å². The third-order valence-electron chi connectivity index (χ3n) is 3.83. The molecule has 5 nitrogen and oxygen atoms in total. The predicted octanol–water partition coefficient (Wildman–Crippen LogP) is 2.66. The molecule has 1 amide bonds. The van der Waals surface area contributed by atoms with E-state index in [0.29, 0.717) is 44.2 Å². The van der Waals surface area contributed by atoms with Crippen LogP contribution >= 0.6 is 0 Å². The van der Waals surface area contributed by atoms with Gasteiger partial charge in [-0.3, -0.25) is 4.79 Å². The zero-order valence-electron chi connectivity index (χ0n) is 13.0. The van der Waals surface area contributed by atoms with E-state index in [9.17, 15) is 9.18 Å². The fraction of sp³-hybridized carbons (Fsp3) is 0.412. The highest BCUT2D eigenvalue weighted by Crippen LogP contribution is 2.21. The summed E-state index contributed by atoms with van der Waals surface area (Å²) < 4.78 is 24.0. The lowest BCUT2D eigenvalue weighted by atomic mass is 10.2. The first-order valence-corrected chi connectivity index (χ1v) is 7.72. The van der Waals surface area contributed by atoms with Gasteiger partial charge in [0, 0.05) is 31.5 Å². The summed E-state index contributed by atoms with van der Waals surface area (Å²) in [5, 5.41) is 0. The lowest BCUT2D eigenvalue weighted by molar-refractivity contribution is -0.138. The first-order valence-electron chi connectivity index (χ1n) is 7.72. The van der Waals surface area contributed by atoms with Crippen LogP contribution < -0.4 is 0 Å². The highest BCUT2D eigenvalue weighted by atomic mass is 19.1. The van der Waals surface area contributed by atoms with Crippen LogP contribution in [0, 0.1) is 5.82 Å². The molecule has 1 aromatic carbocycles. The van der Waals surface area contributed by atoms with Crippen molar-refractivity contribution in [3.8, 4) is 11.3 Å². The van der Waals surface area contributed by atoms with Gasteiger partial charge in [0.25, 0.3) is 0 Å². The number of hydrogen-bond acceptors (Lipinski definition) is 4. The van der Waals surface area contributed by atoms with E-state index in [-0.39, 0.29) is 17.8 Å². The minimum atomic E-state index is -0.293. The molecule has 6 heteroatoms. The van der Waals surface area contributed by atoms with Crippen LogP contribution in [-0.2, 0) is 16.0 Å². The van der Waals surface area contributed by atoms with Gasteiger partial charge in [-0.15, -0.1) is 0 Å². The Labute approximate surface area is 134 Å². The summed E-state index contributed by atoms with van der Waals surface area (Å²) in [5.41, 5.74) is 0.762. The van der Waals surface area contributed by atoms with Gasteiger partial charge in [0.05, 0.1) is 18.9 Å². The summed E-state index contributed by atoms with van der Waals surface area (Å²) in [7, 11) is 0. The number of carbonyl (C=O) groups excluding carboxylic acids is 1. The number of halogens is 1. The number of amides is 1. The number of aryl methyl sites for hydroxylation is 1. The lowest BCUT2D eigenvalue weighted by Crippen LogP contribution is -2.44. The van der Waals surface area contributed by atoms with Crippen molar-refractivity contribution in [3.05, 3.63) is 42.2 Å². The molecule has 3 rings (SSSR count). The Hall–Kier alpha value is -2.21. The van der Waals surface area contributed by atoms with Crippen molar-refractivity contribution in [1.82, 2.24) is 9.88 Å². The number of ether oxygens (including phenoxy) is 1. The first kappa shape index (κ1) is 15.7. The molecule has 0 bridgehead atoms. The number of morpholine rings is 1. The Bertz CT molecular complexity index is 669. The predicted molar refractivity (Wildman–Crippen MR) is 82.2 cm³/mol. The molecule has 1 aliphatic heterocycles. The van der Waals surface area contributed by atoms with Crippen LogP contribution in [0.4, 0.5) is 4.39 Å². The Morgan fingerprint density at radius 1 is 1.39 bits per heavy atom. The van der Waals surface area contributed by atoms with Crippen LogP contribution in [-0.4, -0.2) is 41.6 Å². The van der Waals surface area contributed by atoms with Crippen molar-refractivity contribution in [2.24, 2.45) is 0 Å². The molecule has 0 aliphatic carbocycles. The van der Waals surface area contributed by atoms with Crippen molar-refractivity contribution in [2.75, 3.05) is 19.7 Å². The van der Waals surface area contributed by atoms with Gasteiger partial charge in [-0.25, -0.2) is 9.37 Å². The van der Waals surface area contributed by atoms with Crippen molar-refractivity contribution in [1.29, 1.82) is 0 Å². The quantitative estimate of drug-likeness (QED) is 0.869. The topological polar surface area (TPSA) is 55.6 Å². The molecular weight excluding hydrogens is 299 g/mol. The van der Waals surface area contributed by atoms with E-state index >= 15 is 0 Å². The first-order chi connectivity index (χ1) is 11.1. The maximum absolute atomic E-state index is 12.9. The van der Waals surface area contributed by atoms with Crippen molar-refractivity contribution >= 4 is 5.91 Å². The Morgan fingerprint density at radius 2 is 2.17 bits per heavy atom. The molecular formula is C17H19FN2O3. The van der Waals surface area contributed by atoms with Gasteiger partial charge in [-0.2, -0.15) is 0 Å². The largest absolute Gasteiger partial charge is 0.441 e. The van der Waals surface area contributed by atoms with E-state index < -0.39 is 0 Å². The monoisotopic (exact) mass is 318 g/mol. The molecule has 0 N–H and O–H groups in total. The number of carbonyl (C=O) groups is 1. The maximum atomic E-state index is 12.9. The summed E-state index contributed by atoms with van der Waals surface area (Å²) in [6, 6.07) is 6.03. The fourth-order valence-corrected chi connectivity index (χ4v) is 2.59. The summed E-state index contributed by atoms with van der Waals surface area (Å²) in [4.78, 5) is 18.2. The van der Waals surface area contributed by atoms with Gasteiger partial charge < -0.3 is 14.1 Å². The molecule has 0 radical (unpaired) electrons. The number of benzene rings is 1. The molecule has 23 heavy (non-hydrogen) atoms. The second-order valence-corrected chi connectivity index (χ2v) is 5.65. The standard InChI is InChI=1S/C17H19FN2O3/c1-12-11-20(8-9-22-12)17(21)7-6-16-19-10-15(23-16)13-2-4-14(18)5-3-13/h2-5,10,12H,6-9,11H2,1H3/t12-/m0/s1. The average Bonchev–Trinajstić information content (AvgIpc) is 3.02. The van der Waals surface area contributed by atoms with E-state index in [1.165, 1.54) is 12.1 Å². The number of oxazole rings is 1.